The van der Waals surface area contributed by atoms with Crippen molar-refractivity contribution < 1.29 is 28.8 Å². The van der Waals surface area contributed by atoms with E-state index in [1.54, 1.807) is 43.3 Å². The van der Waals surface area contributed by atoms with Crippen molar-refractivity contribution in [3.63, 3.8) is 0 Å². The largest absolute Gasteiger partial charge is 0.496 e. The smallest absolute Gasteiger partial charge is 0.276 e. The molecule has 1 aliphatic rings. The second-order valence-corrected chi connectivity index (χ2v) is 8.70. The molecule has 1 fully saturated rings. The van der Waals surface area contributed by atoms with Crippen LogP contribution < -0.4 is 15.1 Å². The highest BCUT2D eigenvalue weighted by molar-refractivity contribution is 6.23. The van der Waals surface area contributed by atoms with Gasteiger partial charge in [-0.15, -0.1) is 0 Å². The highest BCUT2D eigenvalue weighted by Gasteiger charge is 2.46. The number of para-hydroxylation sites is 1. The number of nitro benzene ring substituents is 1. The number of nitrogens with one attached hydrogen (secondary N) is 1. The average molecular weight is 517 g/mol. The minimum absolute atomic E-state index is 0.0418. The van der Waals surface area contributed by atoms with E-state index < -0.39 is 34.6 Å². The number of carbonyl (C=O) groups excluding carboxylic acids is 4. The van der Waals surface area contributed by atoms with Crippen molar-refractivity contribution in [3.8, 4) is 5.75 Å². The molecule has 1 saturated heterocycles. The van der Waals surface area contributed by atoms with Crippen LogP contribution in [0.2, 0.25) is 0 Å². The Hall–Kier alpha value is -5.06. The standard InChI is InChI=1S/C27H24N4O7/c1-16-8-11-18(12-9-16)29-24(32)15-22(27(29)35)30(26(34)20-6-4-5-7-23(20)38-3)28-25(33)21-14-19(31(36)37)13-10-17(21)2/h4-14,22H,15H2,1-3H3,(H,28,33). The molecule has 4 amide bonds. The molecular formula is C27H24N4O7. The summed E-state index contributed by atoms with van der Waals surface area (Å²) in [6.07, 6.45) is -0.387. The van der Waals surface area contributed by atoms with Gasteiger partial charge in [-0.1, -0.05) is 35.9 Å². The van der Waals surface area contributed by atoms with Gasteiger partial charge in [0.25, 0.3) is 23.4 Å². The lowest BCUT2D eigenvalue weighted by atomic mass is 10.1. The van der Waals surface area contributed by atoms with Gasteiger partial charge in [0.05, 0.1) is 35.3 Å². The molecule has 11 heteroatoms. The fourth-order valence-electron chi connectivity index (χ4n) is 4.14. The summed E-state index contributed by atoms with van der Waals surface area (Å²) in [7, 11) is 1.37. The Kier molecular flexibility index (Phi) is 7.19. The third-order valence-electron chi connectivity index (χ3n) is 6.18. The summed E-state index contributed by atoms with van der Waals surface area (Å²) in [6.45, 7) is 3.44. The van der Waals surface area contributed by atoms with E-state index >= 15 is 0 Å². The molecule has 0 spiro atoms. The molecule has 1 heterocycles. The number of hydrogen-bond acceptors (Lipinski definition) is 7. The maximum Gasteiger partial charge on any atom is 0.276 e. The molecule has 0 aliphatic carbocycles. The second kappa shape index (κ2) is 10.5. The zero-order valence-corrected chi connectivity index (χ0v) is 20.8. The van der Waals surface area contributed by atoms with Crippen LogP contribution in [-0.4, -0.2) is 46.7 Å². The molecule has 194 valence electrons. The van der Waals surface area contributed by atoms with Gasteiger partial charge in [-0.3, -0.25) is 34.7 Å². The van der Waals surface area contributed by atoms with Gasteiger partial charge in [0.2, 0.25) is 5.91 Å². The van der Waals surface area contributed by atoms with Crippen LogP contribution in [0.15, 0.2) is 66.7 Å². The first-order chi connectivity index (χ1) is 18.1. The number of amides is 4. The van der Waals surface area contributed by atoms with Crippen LogP contribution in [0, 0.1) is 24.0 Å². The van der Waals surface area contributed by atoms with Crippen LogP contribution in [0.1, 0.15) is 38.3 Å². The Morgan fingerprint density at radius 3 is 2.37 bits per heavy atom. The molecular weight excluding hydrogens is 492 g/mol. The molecule has 3 aromatic rings. The normalized spacial score (nSPS) is 14.8. The monoisotopic (exact) mass is 516 g/mol. The quantitative estimate of drug-likeness (QED) is 0.301. The summed E-state index contributed by atoms with van der Waals surface area (Å²) < 4.78 is 5.28. The Morgan fingerprint density at radius 1 is 1.03 bits per heavy atom. The van der Waals surface area contributed by atoms with Gasteiger partial charge in [0, 0.05) is 12.1 Å². The Balaban J connectivity index is 1.74. The van der Waals surface area contributed by atoms with E-state index in [0.717, 1.165) is 21.5 Å². The third-order valence-corrected chi connectivity index (χ3v) is 6.18. The molecule has 4 rings (SSSR count). The van der Waals surface area contributed by atoms with Crippen molar-refractivity contribution in [2.24, 2.45) is 0 Å². The number of nitrogens with zero attached hydrogens (tertiary/aromatic N) is 3. The first kappa shape index (κ1) is 26.0. The van der Waals surface area contributed by atoms with Crippen molar-refractivity contribution in [1.29, 1.82) is 0 Å². The Bertz CT molecular complexity index is 1450. The van der Waals surface area contributed by atoms with Gasteiger partial charge < -0.3 is 4.74 Å². The molecule has 1 N–H and O–H groups in total. The van der Waals surface area contributed by atoms with Crippen molar-refractivity contribution in [2.45, 2.75) is 26.3 Å². The molecule has 11 nitrogen and oxygen atoms in total. The number of nitro groups is 1. The van der Waals surface area contributed by atoms with Gasteiger partial charge in [-0.05, 0) is 43.7 Å². The van der Waals surface area contributed by atoms with E-state index in [0.29, 0.717) is 11.3 Å². The van der Waals surface area contributed by atoms with Gasteiger partial charge >= 0.3 is 0 Å². The first-order valence-electron chi connectivity index (χ1n) is 11.6. The fourth-order valence-corrected chi connectivity index (χ4v) is 4.14. The molecule has 3 aromatic carbocycles. The van der Waals surface area contributed by atoms with Gasteiger partial charge in [0.15, 0.2) is 0 Å². The summed E-state index contributed by atoms with van der Waals surface area (Å²) in [5, 5.41) is 12.1. The van der Waals surface area contributed by atoms with Gasteiger partial charge in [0.1, 0.15) is 11.8 Å². The number of methoxy groups -OCH3 is 1. The van der Waals surface area contributed by atoms with Crippen molar-refractivity contribution >= 4 is 35.0 Å². The van der Waals surface area contributed by atoms with Crippen molar-refractivity contribution in [2.75, 3.05) is 12.0 Å². The van der Waals surface area contributed by atoms with Crippen LogP contribution in [-0.2, 0) is 9.59 Å². The predicted octanol–water partition coefficient (Wildman–Crippen LogP) is 3.34. The molecule has 0 aromatic heterocycles. The van der Waals surface area contributed by atoms with Crippen LogP contribution in [0.3, 0.4) is 0 Å². The topological polar surface area (TPSA) is 139 Å². The van der Waals surface area contributed by atoms with E-state index in [1.807, 2.05) is 6.92 Å². The number of benzene rings is 3. The van der Waals surface area contributed by atoms with Crippen LogP contribution in [0.5, 0.6) is 5.75 Å². The number of aryl methyl sites for hydroxylation is 2. The van der Waals surface area contributed by atoms with E-state index in [1.165, 1.54) is 31.4 Å². The molecule has 0 radical (unpaired) electrons. The van der Waals surface area contributed by atoms with E-state index in [-0.39, 0.29) is 29.0 Å². The first-order valence-corrected chi connectivity index (χ1v) is 11.6. The minimum Gasteiger partial charge on any atom is -0.496 e. The number of imide groups is 1. The Labute approximate surface area is 217 Å². The van der Waals surface area contributed by atoms with Crippen LogP contribution in [0.4, 0.5) is 11.4 Å². The molecule has 1 atom stereocenters. The van der Waals surface area contributed by atoms with Crippen LogP contribution >= 0.6 is 0 Å². The molecule has 0 bridgehead atoms. The highest BCUT2D eigenvalue weighted by atomic mass is 16.6. The molecule has 38 heavy (non-hydrogen) atoms. The SMILES string of the molecule is COc1ccccc1C(=O)N(NC(=O)c1cc([N+](=O)[O-])ccc1C)C1CC(=O)N(c2ccc(C)cc2)C1=O. The number of rotatable bonds is 6. The highest BCUT2D eigenvalue weighted by Crippen LogP contribution is 2.28. The lowest BCUT2D eigenvalue weighted by molar-refractivity contribution is -0.384. The van der Waals surface area contributed by atoms with Crippen molar-refractivity contribution in [1.82, 2.24) is 10.4 Å². The Morgan fingerprint density at radius 2 is 1.71 bits per heavy atom. The zero-order valence-electron chi connectivity index (χ0n) is 20.8. The fraction of sp³-hybridized carbons (Fsp3) is 0.185. The van der Waals surface area contributed by atoms with Crippen LogP contribution in [0.25, 0.3) is 0 Å². The lowest BCUT2D eigenvalue weighted by Gasteiger charge is -2.28. The van der Waals surface area contributed by atoms with E-state index in [2.05, 4.69) is 5.43 Å². The molecule has 1 aliphatic heterocycles. The van der Waals surface area contributed by atoms with Gasteiger partial charge in [-0.2, -0.15) is 0 Å². The van der Waals surface area contributed by atoms with E-state index in [4.69, 9.17) is 4.74 Å². The summed E-state index contributed by atoms with van der Waals surface area (Å²) in [5.74, 6) is -2.73. The molecule has 0 saturated carbocycles. The predicted molar refractivity (Wildman–Crippen MR) is 137 cm³/mol. The number of anilines is 1. The average Bonchev–Trinajstić information content (AvgIpc) is 3.20. The number of ether oxygens (including phenoxy) is 1. The second-order valence-electron chi connectivity index (χ2n) is 8.70. The lowest BCUT2D eigenvalue weighted by Crippen LogP contribution is -2.54. The number of hydrazine groups is 1. The maximum atomic E-state index is 13.7. The number of hydrogen-bond donors (Lipinski definition) is 1. The summed E-state index contributed by atoms with van der Waals surface area (Å²) in [4.78, 5) is 65.1. The van der Waals surface area contributed by atoms with Crippen molar-refractivity contribution in [3.05, 3.63) is 99.1 Å². The zero-order chi connectivity index (χ0) is 27.6. The summed E-state index contributed by atoms with van der Waals surface area (Å²) in [6, 6.07) is 15.3. The number of carbonyl (C=O) groups is 4. The molecule has 1 unspecified atom stereocenters. The minimum atomic E-state index is -1.37. The van der Waals surface area contributed by atoms with E-state index in [9.17, 15) is 29.3 Å². The summed E-state index contributed by atoms with van der Waals surface area (Å²) in [5.41, 5.74) is 3.76. The third kappa shape index (κ3) is 4.94. The summed E-state index contributed by atoms with van der Waals surface area (Å²) >= 11 is 0. The van der Waals surface area contributed by atoms with Gasteiger partial charge in [-0.25, -0.2) is 9.91 Å². The number of non-ortho nitro benzene ring substituents is 1. The maximum absolute atomic E-state index is 13.7.